The van der Waals surface area contributed by atoms with Crippen molar-refractivity contribution in [3.8, 4) is 11.5 Å². The number of likely N-dealkylation sites (tertiary alicyclic amines) is 1. The van der Waals surface area contributed by atoms with E-state index in [-0.39, 0.29) is 36.1 Å². The predicted molar refractivity (Wildman–Crippen MR) is 127 cm³/mol. The Morgan fingerprint density at radius 1 is 0.853 bits per heavy atom. The van der Waals surface area contributed by atoms with Crippen LogP contribution in [0.1, 0.15) is 31.2 Å². The summed E-state index contributed by atoms with van der Waals surface area (Å²) in [6.07, 6.45) is 6.54. The molecule has 1 aliphatic carbocycles. The molecule has 2 aliphatic rings. The van der Waals surface area contributed by atoms with Gasteiger partial charge in [0.2, 0.25) is 17.7 Å². The molecule has 1 fully saturated rings. The van der Waals surface area contributed by atoms with E-state index in [1.165, 1.54) is 0 Å². The first kappa shape index (κ1) is 23.5. The van der Waals surface area contributed by atoms with Crippen molar-refractivity contribution in [2.24, 2.45) is 11.8 Å². The Hall–Kier alpha value is -3.61. The van der Waals surface area contributed by atoms with E-state index in [1.54, 1.807) is 0 Å². The summed E-state index contributed by atoms with van der Waals surface area (Å²) < 4.78 is 11.5. The number of hydrogen-bond donors (Lipinski definition) is 1. The zero-order chi connectivity index (χ0) is 23.8. The number of carbonyl (C=O) groups is 3. The quantitative estimate of drug-likeness (QED) is 0.314. The van der Waals surface area contributed by atoms with Crippen LogP contribution in [-0.2, 0) is 21.0 Å². The van der Waals surface area contributed by atoms with Gasteiger partial charge in [-0.05, 0) is 55.5 Å². The van der Waals surface area contributed by atoms with Crippen molar-refractivity contribution in [1.29, 1.82) is 0 Å². The lowest BCUT2D eigenvalue weighted by atomic mass is 9.85. The Kier molecular flexibility index (Phi) is 7.96. The Balaban J connectivity index is 1.08. The van der Waals surface area contributed by atoms with Gasteiger partial charge in [0.05, 0.1) is 18.4 Å². The van der Waals surface area contributed by atoms with Gasteiger partial charge < -0.3 is 14.8 Å². The number of unbranched alkanes of at least 4 members (excludes halogenated alkanes) is 1. The molecule has 2 aromatic carbocycles. The molecule has 1 heterocycles. The molecule has 0 radical (unpaired) electrons. The zero-order valence-corrected chi connectivity index (χ0v) is 19.2. The minimum Gasteiger partial charge on any atom is -0.494 e. The van der Waals surface area contributed by atoms with Crippen LogP contribution in [-0.4, -0.2) is 42.3 Å². The molecule has 7 heteroatoms. The third kappa shape index (κ3) is 6.04. The molecule has 0 spiro atoms. The van der Waals surface area contributed by atoms with E-state index in [4.69, 9.17) is 9.47 Å². The number of nitrogens with zero attached hydrogens (tertiary/aromatic N) is 1. The Bertz CT molecular complexity index is 993. The number of fused-ring (bicyclic) bond motifs is 1. The third-order valence-corrected chi connectivity index (χ3v) is 6.13. The summed E-state index contributed by atoms with van der Waals surface area (Å²) >= 11 is 0. The summed E-state index contributed by atoms with van der Waals surface area (Å²) in [7, 11) is 0. The van der Waals surface area contributed by atoms with Crippen molar-refractivity contribution in [1.82, 2.24) is 10.2 Å². The topological polar surface area (TPSA) is 84.9 Å². The maximum Gasteiger partial charge on any atom is 0.240 e. The number of allylic oxidation sites excluding steroid dienone is 2. The van der Waals surface area contributed by atoms with Crippen molar-refractivity contribution in [2.75, 3.05) is 19.7 Å². The van der Waals surface area contributed by atoms with Crippen LogP contribution in [0.2, 0.25) is 0 Å². The van der Waals surface area contributed by atoms with Crippen molar-refractivity contribution in [3.63, 3.8) is 0 Å². The third-order valence-electron chi connectivity index (χ3n) is 6.13. The molecule has 2 aromatic rings. The van der Waals surface area contributed by atoms with Crippen LogP contribution in [0.3, 0.4) is 0 Å². The van der Waals surface area contributed by atoms with Gasteiger partial charge in [-0.25, -0.2) is 0 Å². The fourth-order valence-electron chi connectivity index (χ4n) is 4.24. The van der Waals surface area contributed by atoms with Gasteiger partial charge in [0.15, 0.2) is 0 Å². The van der Waals surface area contributed by atoms with Gasteiger partial charge in [-0.3, -0.25) is 19.3 Å². The normalized spacial score (nSPS) is 19.1. The van der Waals surface area contributed by atoms with Crippen molar-refractivity contribution in [2.45, 2.75) is 32.3 Å². The van der Waals surface area contributed by atoms with Crippen molar-refractivity contribution < 1.29 is 23.9 Å². The lowest BCUT2D eigenvalue weighted by Crippen LogP contribution is -2.41. The number of nitrogens with one attached hydrogen (secondary N) is 1. The van der Waals surface area contributed by atoms with E-state index in [2.05, 4.69) is 5.32 Å². The summed E-state index contributed by atoms with van der Waals surface area (Å²) in [5.74, 6) is 0.195. The van der Waals surface area contributed by atoms with Crippen molar-refractivity contribution >= 4 is 17.7 Å². The highest BCUT2D eigenvalue weighted by molar-refractivity contribution is 6.07. The van der Waals surface area contributed by atoms with Gasteiger partial charge in [0.25, 0.3) is 0 Å². The second-order valence-corrected chi connectivity index (χ2v) is 8.57. The molecule has 0 saturated carbocycles. The highest BCUT2D eigenvalue weighted by Gasteiger charge is 2.47. The lowest BCUT2D eigenvalue weighted by Gasteiger charge is -2.14. The smallest absolute Gasteiger partial charge is 0.240 e. The van der Waals surface area contributed by atoms with Crippen LogP contribution in [0, 0.1) is 11.8 Å². The summed E-state index contributed by atoms with van der Waals surface area (Å²) in [6, 6.07) is 17.5. The average Bonchev–Trinajstić information content (AvgIpc) is 3.11. The lowest BCUT2D eigenvalue weighted by molar-refractivity contribution is -0.143. The molecule has 3 amide bonds. The second kappa shape index (κ2) is 11.5. The molecule has 1 saturated heterocycles. The number of rotatable bonds is 11. The maximum atomic E-state index is 12.4. The molecule has 34 heavy (non-hydrogen) atoms. The van der Waals surface area contributed by atoms with Gasteiger partial charge in [-0.2, -0.15) is 0 Å². The molecule has 0 unspecified atom stereocenters. The fraction of sp³-hybridized carbons (Fsp3) is 0.370. The summed E-state index contributed by atoms with van der Waals surface area (Å²) in [4.78, 5) is 38.2. The molecule has 0 bridgehead atoms. The van der Waals surface area contributed by atoms with Crippen LogP contribution in [0.25, 0.3) is 0 Å². The molecule has 7 nitrogen and oxygen atoms in total. The van der Waals surface area contributed by atoms with Gasteiger partial charge in [-0.1, -0.05) is 42.5 Å². The summed E-state index contributed by atoms with van der Waals surface area (Å²) in [5.41, 5.74) is 1.11. The van der Waals surface area contributed by atoms with Crippen LogP contribution in [0.15, 0.2) is 66.7 Å². The zero-order valence-electron chi connectivity index (χ0n) is 19.2. The van der Waals surface area contributed by atoms with Crippen LogP contribution in [0.5, 0.6) is 11.5 Å². The van der Waals surface area contributed by atoms with Gasteiger partial charge in [0, 0.05) is 6.54 Å². The van der Waals surface area contributed by atoms with Crippen LogP contribution < -0.4 is 14.8 Å². The van der Waals surface area contributed by atoms with Crippen molar-refractivity contribution in [3.05, 3.63) is 72.3 Å². The van der Waals surface area contributed by atoms with E-state index in [1.807, 2.05) is 66.7 Å². The standard InChI is InChI=1S/C27H30N2O5/c30-25(18-29-26(31)23-10-4-5-11-24(23)27(29)32)28-16-6-7-17-33-21-12-14-22(15-13-21)34-19-20-8-2-1-3-9-20/h1-5,8-9,12-15,23-24H,6-7,10-11,16-19H2,(H,28,30)/t23-,24-/m1/s1. The highest BCUT2D eigenvalue weighted by atomic mass is 16.5. The number of hydrogen-bond acceptors (Lipinski definition) is 5. The van der Waals surface area contributed by atoms with Gasteiger partial charge in [-0.15, -0.1) is 0 Å². The number of imide groups is 1. The minimum absolute atomic E-state index is 0.195. The number of carbonyl (C=O) groups excluding carboxylic acids is 3. The summed E-state index contributed by atoms with van der Waals surface area (Å²) in [5, 5.41) is 2.79. The molecular weight excluding hydrogens is 432 g/mol. The minimum atomic E-state index is -0.305. The van der Waals surface area contributed by atoms with E-state index in [0.717, 1.165) is 34.8 Å². The molecular formula is C27H30N2O5. The van der Waals surface area contributed by atoms with Crippen LogP contribution >= 0.6 is 0 Å². The Labute approximate surface area is 199 Å². The number of amides is 3. The van der Waals surface area contributed by atoms with Crippen LogP contribution in [0.4, 0.5) is 0 Å². The first-order valence-electron chi connectivity index (χ1n) is 11.8. The molecule has 1 aliphatic heterocycles. The monoisotopic (exact) mass is 462 g/mol. The second-order valence-electron chi connectivity index (χ2n) is 8.57. The molecule has 1 N–H and O–H groups in total. The van der Waals surface area contributed by atoms with Gasteiger partial charge in [0.1, 0.15) is 24.7 Å². The highest BCUT2D eigenvalue weighted by Crippen LogP contribution is 2.34. The Morgan fingerprint density at radius 2 is 1.47 bits per heavy atom. The van der Waals surface area contributed by atoms with Gasteiger partial charge >= 0.3 is 0 Å². The largest absolute Gasteiger partial charge is 0.494 e. The molecule has 4 rings (SSSR count). The van der Waals surface area contributed by atoms with E-state index in [9.17, 15) is 14.4 Å². The predicted octanol–water partition coefficient (Wildman–Crippen LogP) is 3.49. The average molecular weight is 463 g/mol. The fourth-order valence-corrected chi connectivity index (χ4v) is 4.24. The molecule has 0 aromatic heterocycles. The number of ether oxygens (including phenoxy) is 2. The first-order chi connectivity index (χ1) is 16.6. The first-order valence-corrected chi connectivity index (χ1v) is 11.8. The number of benzene rings is 2. The maximum absolute atomic E-state index is 12.4. The molecule has 2 atom stereocenters. The van der Waals surface area contributed by atoms with E-state index < -0.39 is 0 Å². The van der Waals surface area contributed by atoms with E-state index >= 15 is 0 Å². The SMILES string of the molecule is O=C(CN1C(=O)[C@@H]2CC=CC[C@H]2C1=O)NCCCCOc1ccc(OCc2ccccc2)cc1. The summed E-state index contributed by atoms with van der Waals surface area (Å²) in [6.45, 7) is 1.32. The van der Waals surface area contributed by atoms with E-state index in [0.29, 0.717) is 32.6 Å². The Morgan fingerprint density at radius 3 is 2.12 bits per heavy atom. The molecule has 178 valence electrons.